The van der Waals surface area contributed by atoms with Gasteiger partial charge in [-0.1, -0.05) is 38.8 Å². The molecule has 0 radical (unpaired) electrons. The summed E-state index contributed by atoms with van der Waals surface area (Å²) in [4.78, 5) is 0. The zero-order valence-electron chi connectivity index (χ0n) is 9.89. The lowest BCUT2D eigenvalue weighted by atomic mass is 10.0. The lowest BCUT2D eigenvalue weighted by Gasteiger charge is -2.18. The fourth-order valence-electron chi connectivity index (χ4n) is 1.81. The van der Waals surface area contributed by atoms with E-state index in [9.17, 15) is 8.78 Å². The molecular formula is C13H19F2N. The number of halogens is 2. The van der Waals surface area contributed by atoms with Crippen LogP contribution in [0.15, 0.2) is 18.2 Å². The van der Waals surface area contributed by atoms with E-state index in [4.69, 9.17) is 0 Å². The van der Waals surface area contributed by atoms with Crippen molar-refractivity contribution in [1.29, 1.82) is 0 Å². The van der Waals surface area contributed by atoms with Gasteiger partial charge in [0.15, 0.2) is 11.6 Å². The van der Waals surface area contributed by atoms with Crippen LogP contribution in [0.3, 0.4) is 0 Å². The molecule has 0 aliphatic rings. The molecular weight excluding hydrogens is 208 g/mol. The van der Waals surface area contributed by atoms with E-state index in [1.54, 1.807) is 12.1 Å². The van der Waals surface area contributed by atoms with Gasteiger partial charge in [-0.3, -0.25) is 0 Å². The van der Waals surface area contributed by atoms with Crippen LogP contribution in [0.2, 0.25) is 0 Å². The molecule has 1 nitrogen and oxygen atoms in total. The lowest BCUT2D eigenvalue weighted by molar-refractivity contribution is 0.444. The van der Waals surface area contributed by atoms with Gasteiger partial charge in [-0.15, -0.1) is 0 Å². The highest BCUT2D eigenvalue weighted by Crippen LogP contribution is 2.23. The van der Waals surface area contributed by atoms with Gasteiger partial charge < -0.3 is 5.32 Å². The van der Waals surface area contributed by atoms with E-state index in [1.165, 1.54) is 0 Å². The molecule has 90 valence electrons. The Morgan fingerprint density at radius 1 is 1.25 bits per heavy atom. The molecule has 1 aromatic carbocycles. The van der Waals surface area contributed by atoms with Crippen LogP contribution in [0.4, 0.5) is 8.78 Å². The highest BCUT2D eigenvalue weighted by Gasteiger charge is 2.16. The largest absolute Gasteiger partial charge is 0.310 e. The maximum absolute atomic E-state index is 13.6. The van der Waals surface area contributed by atoms with Crippen molar-refractivity contribution in [2.75, 3.05) is 6.54 Å². The zero-order chi connectivity index (χ0) is 12.0. The molecule has 0 saturated heterocycles. The molecule has 0 bridgehead atoms. The van der Waals surface area contributed by atoms with Gasteiger partial charge in [0.2, 0.25) is 0 Å². The number of rotatable bonds is 6. The smallest absolute Gasteiger partial charge is 0.163 e. The average Bonchev–Trinajstić information content (AvgIpc) is 2.28. The van der Waals surface area contributed by atoms with Crippen molar-refractivity contribution in [1.82, 2.24) is 5.32 Å². The number of hydrogen-bond acceptors (Lipinski definition) is 1. The predicted octanol–water partition coefficient (Wildman–Crippen LogP) is 3.81. The van der Waals surface area contributed by atoms with Gasteiger partial charge in [-0.2, -0.15) is 0 Å². The summed E-state index contributed by atoms with van der Waals surface area (Å²) in [6.45, 7) is 4.81. The zero-order valence-corrected chi connectivity index (χ0v) is 9.89. The fraction of sp³-hybridized carbons (Fsp3) is 0.538. The maximum Gasteiger partial charge on any atom is 0.163 e. The molecule has 1 atom stereocenters. The van der Waals surface area contributed by atoms with Crippen LogP contribution in [0.25, 0.3) is 0 Å². The van der Waals surface area contributed by atoms with Crippen molar-refractivity contribution in [3.8, 4) is 0 Å². The third-order valence-electron chi connectivity index (χ3n) is 2.65. The number of benzene rings is 1. The minimum absolute atomic E-state index is 0.0827. The van der Waals surface area contributed by atoms with Crippen LogP contribution in [0.1, 0.15) is 44.7 Å². The maximum atomic E-state index is 13.6. The Kier molecular flexibility index (Phi) is 5.39. The van der Waals surface area contributed by atoms with E-state index < -0.39 is 11.6 Å². The molecule has 1 rings (SSSR count). The van der Waals surface area contributed by atoms with Crippen LogP contribution >= 0.6 is 0 Å². The molecule has 1 unspecified atom stereocenters. The predicted molar refractivity (Wildman–Crippen MR) is 62.3 cm³/mol. The van der Waals surface area contributed by atoms with Crippen LogP contribution in [-0.2, 0) is 0 Å². The number of nitrogens with one attached hydrogen (secondary N) is 1. The highest BCUT2D eigenvalue weighted by atomic mass is 19.2. The summed E-state index contributed by atoms with van der Waals surface area (Å²) in [5, 5.41) is 3.20. The summed E-state index contributed by atoms with van der Waals surface area (Å²) in [6, 6.07) is 4.29. The van der Waals surface area contributed by atoms with Crippen molar-refractivity contribution < 1.29 is 8.78 Å². The Morgan fingerprint density at radius 2 is 2.00 bits per heavy atom. The summed E-state index contributed by atoms with van der Waals surface area (Å²) in [5.41, 5.74) is 0.440. The van der Waals surface area contributed by atoms with Crippen molar-refractivity contribution in [2.24, 2.45) is 0 Å². The van der Waals surface area contributed by atoms with E-state index in [0.717, 1.165) is 31.9 Å². The van der Waals surface area contributed by atoms with E-state index in [0.29, 0.717) is 5.56 Å². The van der Waals surface area contributed by atoms with Crippen LogP contribution in [-0.4, -0.2) is 6.54 Å². The van der Waals surface area contributed by atoms with E-state index >= 15 is 0 Å². The third kappa shape index (κ3) is 3.27. The van der Waals surface area contributed by atoms with Crippen molar-refractivity contribution in [3.05, 3.63) is 35.4 Å². The molecule has 0 fully saturated rings. The van der Waals surface area contributed by atoms with Gasteiger partial charge in [0.25, 0.3) is 0 Å². The second-order valence-electron chi connectivity index (χ2n) is 3.90. The number of unbranched alkanes of at least 4 members (excludes halogenated alkanes) is 1. The SMILES string of the molecule is CCCCC(NCC)c1cccc(F)c1F. The first-order valence-corrected chi connectivity index (χ1v) is 5.88. The molecule has 0 saturated carbocycles. The Balaban J connectivity index is 2.86. The molecule has 0 heterocycles. The van der Waals surface area contributed by atoms with E-state index in [2.05, 4.69) is 12.2 Å². The topological polar surface area (TPSA) is 12.0 Å². The molecule has 0 aromatic heterocycles. The Morgan fingerprint density at radius 3 is 2.62 bits per heavy atom. The minimum Gasteiger partial charge on any atom is -0.310 e. The second kappa shape index (κ2) is 6.59. The minimum atomic E-state index is -0.767. The van der Waals surface area contributed by atoms with Crippen molar-refractivity contribution in [3.63, 3.8) is 0 Å². The van der Waals surface area contributed by atoms with Gasteiger partial charge in [0.05, 0.1) is 0 Å². The van der Waals surface area contributed by atoms with Gasteiger partial charge >= 0.3 is 0 Å². The molecule has 1 N–H and O–H groups in total. The summed E-state index contributed by atoms with van der Waals surface area (Å²) in [7, 11) is 0. The first kappa shape index (κ1) is 13.1. The third-order valence-corrected chi connectivity index (χ3v) is 2.65. The Labute approximate surface area is 95.9 Å². The summed E-state index contributed by atoms with van der Waals surface area (Å²) < 4.78 is 26.7. The summed E-state index contributed by atoms with van der Waals surface area (Å²) in [6.07, 6.45) is 2.90. The molecule has 1 aromatic rings. The Hall–Kier alpha value is -0.960. The summed E-state index contributed by atoms with van der Waals surface area (Å²) >= 11 is 0. The monoisotopic (exact) mass is 227 g/mol. The van der Waals surface area contributed by atoms with E-state index in [-0.39, 0.29) is 6.04 Å². The summed E-state index contributed by atoms with van der Waals surface area (Å²) in [5.74, 6) is -1.48. The second-order valence-corrected chi connectivity index (χ2v) is 3.90. The van der Waals surface area contributed by atoms with Gasteiger partial charge in [-0.25, -0.2) is 8.78 Å². The van der Waals surface area contributed by atoms with Crippen LogP contribution < -0.4 is 5.32 Å². The average molecular weight is 227 g/mol. The molecule has 3 heteroatoms. The first-order chi connectivity index (χ1) is 7.70. The quantitative estimate of drug-likeness (QED) is 0.779. The van der Waals surface area contributed by atoms with Crippen LogP contribution in [0, 0.1) is 11.6 Å². The first-order valence-electron chi connectivity index (χ1n) is 5.88. The van der Waals surface area contributed by atoms with Gasteiger partial charge in [-0.05, 0) is 19.0 Å². The highest BCUT2D eigenvalue weighted by molar-refractivity contribution is 5.22. The van der Waals surface area contributed by atoms with Crippen molar-refractivity contribution >= 4 is 0 Å². The van der Waals surface area contributed by atoms with Gasteiger partial charge in [0, 0.05) is 11.6 Å². The molecule has 16 heavy (non-hydrogen) atoms. The number of hydrogen-bond donors (Lipinski definition) is 1. The standard InChI is InChI=1S/C13H19F2N/c1-3-5-9-12(16-4-2)10-7-6-8-11(14)13(10)15/h6-8,12,16H,3-5,9H2,1-2H3. The van der Waals surface area contributed by atoms with Crippen LogP contribution in [0.5, 0.6) is 0 Å². The molecule has 0 aliphatic carbocycles. The van der Waals surface area contributed by atoms with Crippen molar-refractivity contribution in [2.45, 2.75) is 39.2 Å². The van der Waals surface area contributed by atoms with E-state index in [1.807, 2.05) is 6.92 Å². The fourth-order valence-corrected chi connectivity index (χ4v) is 1.81. The molecule has 0 amide bonds. The molecule has 0 spiro atoms. The lowest BCUT2D eigenvalue weighted by Crippen LogP contribution is -2.22. The van der Waals surface area contributed by atoms with Gasteiger partial charge in [0.1, 0.15) is 0 Å². The molecule has 0 aliphatic heterocycles. The Bertz CT molecular complexity index is 326. The normalized spacial score (nSPS) is 12.8.